The van der Waals surface area contributed by atoms with Crippen molar-refractivity contribution >= 4 is 21.8 Å². The fraction of sp³-hybridized carbons (Fsp3) is 0.265. The van der Waals surface area contributed by atoms with Crippen LogP contribution in [0.1, 0.15) is 68.2 Å². The number of aromatic nitrogens is 1. The van der Waals surface area contributed by atoms with Crippen molar-refractivity contribution in [3.63, 3.8) is 0 Å². The van der Waals surface area contributed by atoms with Crippen LogP contribution in [-0.2, 0) is 10.8 Å². The highest BCUT2D eigenvalue weighted by Crippen LogP contribution is 2.69. The Morgan fingerprint density at radius 3 is 1.86 bits per heavy atom. The molecule has 0 unspecified atom stereocenters. The van der Waals surface area contributed by atoms with Gasteiger partial charge in [0, 0.05) is 27.3 Å². The van der Waals surface area contributed by atoms with Gasteiger partial charge in [0.1, 0.15) is 0 Å². The third-order valence-electron chi connectivity index (χ3n) is 14.4. The lowest BCUT2D eigenvalue weighted by Crippen LogP contribution is -2.55. The normalized spacial score (nSPS) is 26.0. The van der Waals surface area contributed by atoms with Crippen LogP contribution in [-0.4, -0.2) is 4.57 Å². The quantitative estimate of drug-likeness (QED) is 0.177. The second kappa shape index (κ2) is 9.46. The van der Waals surface area contributed by atoms with E-state index in [-0.39, 0.29) is 10.8 Å². The molecule has 0 atom stereocenters. The molecule has 1 aromatic heterocycles. The molecular weight excluding hydrogens is 603 g/mol. The molecule has 4 bridgehead atoms. The van der Waals surface area contributed by atoms with Crippen molar-refractivity contribution < 1.29 is 0 Å². The molecule has 0 saturated heterocycles. The highest BCUT2D eigenvalue weighted by Gasteiger charge is 2.61. The highest BCUT2D eigenvalue weighted by atomic mass is 15.0. The summed E-state index contributed by atoms with van der Waals surface area (Å²) >= 11 is 0. The van der Waals surface area contributed by atoms with Gasteiger partial charge in [0.15, 0.2) is 0 Å². The lowest BCUT2D eigenvalue weighted by molar-refractivity contribution is -0.0399. The van der Waals surface area contributed by atoms with E-state index in [1.54, 1.807) is 11.1 Å². The molecule has 1 spiro atoms. The van der Waals surface area contributed by atoms with Crippen molar-refractivity contribution in [2.75, 3.05) is 0 Å². The molecule has 50 heavy (non-hydrogen) atoms. The van der Waals surface area contributed by atoms with Crippen LogP contribution in [0.2, 0.25) is 0 Å². The summed E-state index contributed by atoms with van der Waals surface area (Å²) in [4.78, 5) is 0. The standard InChI is InChI=1S/C49H41N/c1-48(2)42-12-6-3-9-36(42)38-18-17-35(28-45(38)48)50-46-14-8-5-11-39(46)41-27-32(16-20-47(41)50)31-15-19-44-40(26-31)37-10-4-7-13-43(37)49(44)33-22-29-21-30(24-33)25-34(49)23-29/h3-20,26-30,33-34H,21-25H2,1-2H3. The topological polar surface area (TPSA) is 4.93 Å². The van der Waals surface area contributed by atoms with E-state index < -0.39 is 0 Å². The summed E-state index contributed by atoms with van der Waals surface area (Å²) in [5.41, 5.74) is 18.4. The molecule has 0 N–H and O–H groups in total. The zero-order valence-electron chi connectivity index (χ0n) is 28.9. The Hall–Kier alpha value is -4.88. The summed E-state index contributed by atoms with van der Waals surface area (Å²) < 4.78 is 2.49. The van der Waals surface area contributed by atoms with Gasteiger partial charge in [-0.15, -0.1) is 0 Å². The van der Waals surface area contributed by atoms with Crippen LogP contribution >= 0.6 is 0 Å². The van der Waals surface area contributed by atoms with Crippen molar-refractivity contribution in [1.29, 1.82) is 0 Å². The van der Waals surface area contributed by atoms with E-state index in [1.165, 1.54) is 104 Å². The molecule has 6 aliphatic carbocycles. The van der Waals surface area contributed by atoms with E-state index in [9.17, 15) is 0 Å². The molecule has 0 radical (unpaired) electrons. The van der Waals surface area contributed by atoms with Gasteiger partial charge in [-0.2, -0.15) is 0 Å². The minimum atomic E-state index is -0.0324. The van der Waals surface area contributed by atoms with Gasteiger partial charge in [-0.3, -0.25) is 0 Å². The largest absolute Gasteiger partial charge is 0.309 e. The molecule has 1 heteroatoms. The van der Waals surface area contributed by atoms with E-state index in [0.717, 1.165) is 23.7 Å². The molecule has 7 aromatic rings. The van der Waals surface area contributed by atoms with Gasteiger partial charge in [0.2, 0.25) is 0 Å². The summed E-state index contributed by atoms with van der Waals surface area (Å²) in [6, 6.07) is 49.3. The number of hydrogen-bond donors (Lipinski definition) is 0. The zero-order valence-corrected chi connectivity index (χ0v) is 28.9. The number of para-hydroxylation sites is 1. The number of hydrogen-bond acceptors (Lipinski definition) is 0. The second-order valence-electron chi connectivity index (χ2n) is 17.0. The Morgan fingerprint density at radius 1 is 0.460 bits per heavy atom. The Labute approximate surface area is 294 Å². The van der Waals surface area contributed by atoms with Crippen molar-refractivity contribution in [2.24, 2.45) is 23.7 Å². The molecule has 4 fully saturated rings. The van der Waals surface area contributed by atoms with Crippen LogP contribution in [0.3, 0.4) is 0 Å². The average molecular weight is 644 g/mol. The van der Waals surface area contributed by atoms with Gasteiger partial charge in [0.05, 0.1) is 11.0 Å². The summed E-state index contributed by atoms with van der Waals surface area (Å²) in [6.45, 7) is 4.75. The van der Waals surface area contributed by atoms with Gasteiger partial charge >= 0.3 is 0 Å². The SMILES string of the molecule is CC1(C)c2ccccc2-c2ccc(-n3c4ccccc4c4cc(-c5ccc6c(c5)-c5ccccc5C65C6CC7CC(C6)CC5C7)ccc43)cc21. The maximum Gasteiger partial charge on any atom is 0.0541 e. The fourth-order valence-corrected chi connectivity index (χ4v) is 12.6. The number of nitrogens with zero attached hydrogens (tertiary/aromatic N) is 1. The van der Waals surface area contributed by atoms with Crippen LogP contribution in [0, 0.1) is 23.7 Å². The predicted molar refractivity (Wildman–Crippen MR) is 207 cm³/mol. The molecule has 1 heterocycles. The van der Waals surface area contributed by atoms with Gasteiger partial charge in [-0.05, 0) is 148 Å². The van der Waals surface area contributed by atoms with E-state index in [1.807, 2.05) is 0 Å². The first-order valence-corrected chi connectivity index (χ1v) is 19.0. The van der Waals surface area contributed by atoms with E-state index in [4.69, 9.17) is 0 Å². The van der Waals surface area contributed by atoms with Gasteiger partial charge in [-0.25, -0.2) is 0 Å². The lowest BCUT2D eigenvalue weighted by Gasteiger charge is -2.61. The summed E-state index contributed by atoms with van der Waals surface area (Å²) in [7, 11) is 0. The first kappa shape index (κ1) is 27.9. The summed E-state index contributed by atoms with van der Waals surface area (Å²) in [5, 5.41) is 2.63. The molecular formula is C49H41N. The highest BCUT2D eigenvalue weighted by molar-refractivity contribution is 6.10. The van der Waals surface area contributed by atoms with Crippen LogP contribution in [0.5, 0.6) is 0 Å². The van der Waals surface area contributed by atoms with Crippen LogP contribution in [0.25, 0.3) is 60.9 Å². The summed E-state index contributed by atoms with van der Waals surface area (Å²) in [5.74, 6) is 3.53. The van der Waals surface area contributed by atoms with Gasteiger partial charge < -0.3 is 4.57 Å². The first-order chi connectivity index (χ1) is 24.5. The van der Waals surface area contributed by atoms with Crippen molar-refractivity contribution in [3.05, 3.63) is 150 Å². The van der Waals surface area contributed by atoms with Crippen molar-refractivity contribution in [3.8, 4) is 39.1 Å². The second-order valence-corrected chi connectivity index (χ2v) is 17.0. The monoisotopic (exact) mass is 643 g/mol. The van der Waals surface area contributed by atoms with Crippen LogP contribution in [0.4, 0.5) is 0 Å². The van der Waals surface area contributed by atoms with E-state index in [2.05, 4.69) is 146 Å². The third-order valence-corrected chi connectivity index (χ3v) is 14.4. The van der Waals surface area contributed by atoms with Crippen LogP contribution in [0.15, 0.2) is 127 Å². The summed E-state index contributed by atoms with van der Waals surface area (Å²) in [6.07, 6.45) is 7.21. The van der Waals surface area contributed by atoms with Gasteiger partial charge in [-0.1, -0.05) is 105 Å². The molecule has 4 saturated carbocycles. The molecule has 0 aliphatic heterocycles. The third kappa shape index (κ3) is 3.35. The fourth-order valence-electron chi connectivity index (χ4n) is 12.6. The minimum Gasteiger partial charge on any atom is -0.309 e. The first-order valence-electron chi connectivity index (χ1n) is 19.0. The molecule has 1 nitrogen and oxygen atoms in total. The van der Waals surface area contributed by atoms with Gasteiger partial charge in [0.25, 0.3) is 0 Å². The maximum atomic E-state index is 2.56. The van der Waals surface area contributed by atoms with E-state index >= 15 is 0 Å². The molecule has 6 aromatic carbocycles. The van der Waals surface area contributed by atoms with Crippen molar-refractivity contribution in [1.82, 2.24) is 4.57 Å². The molecule has 242 valence electrons. The van der Waals surface area contributed by atoms with E-state index in [0.29, 0.717) is 0 Å². The number of rotatable bonds is 2. The smallest absolute Gasteiger partial charge is 0.0541 e. The Kier molecular flexibility index (Phi) is 5.28. The maximum absolute atomic E-state index is 2.56. The Morgan fingerprint density at radius 2 is 1.06 bits per heavy atom. The minimum absolute atomic E-state index is 0.0324. The van der Waals surface area contributed by atoms with Crippen LogP contribution < -0.4 is 0 Å². The average Bonchev–Trinajstić information content (AvgIpc) is 3.71. The number of benzene rings is 6. The van der Waals surface area contributed by atoms with Crippen molar-refractivity contribution in [2.45, 2.75) is 56.8 Å². The molecule has 0 amide bonds. The number of fused-ring (bicyclic) bond motifs is 9. The Balaban J connectivity index is 1.01. The lowest BCUT2D eigenvalue weighted by atomic mass is 9.43. The Bertz CT molecular complexity index is 2560. The molecule has 6 aliphatic rings. The predicted octanol–water partition coefficient (Wildman–Crippen LogP) is 12.5. The zero-order chi connectivity index (χ0) is 32.9. The molecule has 13 rings (SSSR count).